The van der Waals surface area contributed by atoms with Gasteiger partial charge in [-0.15, -0.1) is 0 Å². The summed E-state index contributed by atoms with van der Waals surface area (Å²) in [7, 11) is 0. The summed E-state index contributed by atoms with van der Waals surface area (Å²) in [5, 5.41) is 1.39. The Morgan fingerprint density at radius 1 is 0.800 bits per heavy atom. The van der Waals surface area contributed by atoms with Crippen molar-refractivity contribution in [2.75, 3.05) is 5.73 Å². The van der Waals surface area contributed by atoms with Gasteiger partial charge in [0, 0.05) is 40.9 Å². The fourth-order valence-electron chi connectivity index (χ4n) is 3.55. The molecule has 0 atom stereocenters. The number of halogens is 2. The zero-order valence-electron chi connectivity index (χ0n) is 15.5. The number of nitrogens with two attached hydrogens (primary N) is 1. The van der Waals surface area contributed by atoms with Gasteiger partial charge in [0.1, 0.15) is 5.82 Å². The summed E-state index contributed by atoms with van der Waals surface area (Å²) in [6.45, 7) is 0. The van der Waals surface area contributed by atoms with Gasteiger partial charge in [-0.3, -0.25) is 14.3 Å². The molecule has 146 valence electrons. The van der Waals surface area contributed by atoms with Gasteiger partial charge in [0.05, 0.1) is 16.7 Å². The molecule has 0 bridgehead atoms. The lowest BCUT2D eigenvalue weighted by Gasteiger charge is -2.13. The van der Waals surface area contributed by atoms with Crippen LogP contribution < -0.4 is 11.3 Å². The van der Waals surface area contributed by atoms with Crippen LogP contribution in [0.3, 0.4) is 0 Å². The van der Waals surface area contributed by atoms with Gasteiger partial charge < -0.3 is 5.73 Å². The molecule has 0 aliphatic heterocycles. The number of nitrogens with zero attached hydrogens (tertiary/aromatic N) is 3. The SMILES string of the molecule is Nc1ccc(-c2ccc3ncc4ccc(=O)n(-c5ccc(F)c(F)c5)c4c3c2)cn1. The monoisotopic (exact) mass is 400 g/mol. The molecule has 0 radical (unpaired) electrons. The second-order valence-electron chi connectivity index (χ2n) is 6.87. The molecule has 7 heteroatoms. The molecule has 0 saturated carbocycles. The predicted octanol–water partition coefficient (Wildman–Crippen LogP) is 4.46. The van der Waals surface area contributed by atoms with E-state index in [4.69, 9.17) is 5.73 Å². The Balaban J connectivity index is 1.86. The molecular weight excluding hydrogens is 386 g/mol. The number of hydrogen-bond donors (Lipinski definition) is 1. The highest BCUT2D eigenvalue weighted by atomic mass is 19.2. The van der Waals surface area contributed by atoms with E-state index in [0.29, 0.717) is 27.6 Å². The maximum absolute atomic E-state index is 13.9. The maximum Gasteiger partial charge on any atom is 0.255 e. The summed E-state index contributed by atoms with van der Waals surface area (Å²) in [5.74, 6) is -1.58. The summed E-state index contributed by atoms with van der Waals surface area (Å²) >= 11 is 0. The van der Waals surface area contributed by atoms with Crippen LogP contribution in [0.5, 0.6) is 0 Å². The first kappa shape index (κ1) is 17.9. The van der Waals surface area contributed by atoms with E-state index in [1.807, 2.05) is 24.3 Å². The van der Waals surface area contributed by atoms with Crippen molar-refractivity contribution < 1.29 is 8.78 Å². The molecule has 0 aliphatic rings. The normalized spacial score (nSPS) is 11.3. The molecule has 0 unspecified atom stereocenters. The lowest BCUT2D eigenvalue weighted by atomic mass is 10.0. The van der Waals surface area contributed by atoms with E-state index < -0.39 is 11.6 Å². The standard InChI is InChI=1S/C23H14F2N4O/c24-18-5-4-16(10-19(18)25)29-22(30)8-3-15-12-27-20-6-1-13(9-17(20)23(15)29)14-2-7-21(26)28-11-14/h1-12H,(H2,26,28). The van der Waals surface area contributed by atoms with Gasteiger partial charge in [0.25, 0.3) is 5.56 Å². The van der Waals surface area contributed by atoms with Crippen molar-refractivity contribution in [3.63, 3.8) is 0 Å². The zero-order valence-corrected chi connectivity index (χ0v) is 15.5. The van der Waals surface area contributed by atoms with Gasteiger partial charge in [0.15, 0.2) is 11.6 Å². The van der Waals surface area contributed by atoms with E-state index in [9.17, 15) is 13.6 Å². The Bertz CT molecular complexity index is 1490. The van der Waals surface area contributed by atoms with Crippen molar-refractivity contribution in [3.05, 3.63) is 95.0 Å². The van der Waals surface area contributed by atoms with Crippen LogP contribution in [0, 0.1) is 11.6 Å². The molecule has 0 saturated heterocycles. The molecule has 2 aromatic carbocycles. The lowest BCUT2D eigenvalue weighted by molar-refractivity contribution is 0.508. The number of hydrogen-bond acceptors (Lipinski definition) is 4. The Hall–Kier alpha value is -4.13. The third-order valence-corrected chi connectivity index (χ3v) is 5.00. The van der Waals surface area contributed by atoms with E-state index in [1.165, 1.54) is 16.7 Å². The zero-order chi connectivity index (χ0) is 20.8. The fourth-order valence-corrected chi connectivity index (χ4v) is 3.55. The van der Waals surface area contributed by atoms with Crippen molar-refractivity contribution in [2.45, 2.75) is 0 Å². The molecule has 0 amide bonds. The van der Waals surface area contributed by atoms with E-state index in [-0.39, 0.29) is 11.2 Å². The molecule has 30 heavy (non-hydrogen) atoms. The average molecular weight is 400 g/mol. The lowest BCUT2D eigenvalue weighted by Crippen LogP contribution is -2.18. The fraction of sp³-hybridized carbons (Fsp3) is 0. The van der Waals surface area contributed by atoms with Crippen molar-refractivity contribution in [1.29, 1.82) is 0 Å². The quantitative estimate of drug-likeness (QED) is 0.444. The molecule has 5 aromatic rings. The smallest absolute Gasteiger partial charge is 0.255 e. The first-order valence-corrected chi connectivity index (χ1v) is 9.13. The summed E-state index contributed by atoms with van der Waals surface area (Å²) < 4.78 is 28.7. The van der Waals surface area contributed by atoms with Crippen LogP contribution in [0.15, 0.2) is 77.9 Å². The summed E-state index contributed by atoms with van der Waals surface area (Å²) in [5.41, 5.74) is 8.48. The Kier molecular flexibility index (Phi) is 4.03. The van der Waals surface area contributed by atoms with Crippen LogP contribution in [-0.2, 0) is 0 Å². The molecule has 3 heterocycles. The Morgan fingerprint density at radius 3 is 2.40 bits per heavy atom. The number of rotatable bonds is 2. The highest BCUT2D eigenvalue weighted by Crippen LogP contribution is 2.29. The van der Waals surface area contributed by atoms with E-state index in [1.54, 1.807) is 24.5 Å². The highest BCUT2D eigenvalue weighted by Gasteiger charge is 2.13. The van der Waals surface area contributed by atoms with Gasteiger partial charge in [-0.05, 0) is 48.0 Å². The van der Waals surface area contributed by atoms with Gasteiger partial charge >= 0.3 is 0 Å². The number of anilines is 1. The van der Waals surface area contributed by atoms with Crippen LogP contribution in [0.2, 0.25) is 0 Å². The van der Waals surface area contributed by atoms with Gasteiger partial charge in [-0.25, -0.2) is 13.8 Å². The number of benzene rings is 2. The van der Waals surface area contributed by atoms with Crippen molar-refractivity contribution in [2.24, 2.45) is 0 Å². The van der Waals surface area contributed by atoms with Crippen molar-refractivity contribution >= 4 is 27.6 Å². The van der Waals surface area contributed by atoms with Crippen LogP contribution in [0.4, 0.5) is 14.6 Å². The van der Waals surface area contributed by atoms with Crippen LogP contribution in [0.25, 0.3) is 38.6 Å². The summed E-state index contributed by atoms with van der Waals surface area (Å²) in [4.78, 5) is 21.4. The minimum atomic E-state index is -1.02. The largest absolute Gasteiger partial charge is 0.384 e. The average Bonchev–Trinajstić information content (AvgIpc) is 2.76. The highest BCUT2D eigenvalue weighted by molar-refractivity contribution is 6.05. The molecule has 0 aliphatic carbocycles. The summed E-state index contributed by atoms with van der Waals surface area (Å²) in [6, 6.07) is 15.6. The molecule has 0 fully saturated rings. The Labute approximate surface area is 169 Å². The maximum atomic E-state index is 13.9. The summed E-state index contributed by atoms with van der Waals surface area (Å²) in [6.07, 6.45) is 3.31. The number of pyridine rings is 3. The third-order valence-electron chi connectivity index (χ3n) is 5.00. The predicted molar refractivity (Wildman–Crippen MR) is 112 cm³/mol. The van der Waals surface area contributed by atoms with Gasteiger partial charge in [0.2, 0.25) is 0 Å². The molecule has 2 N–H and O–H groups in total. The first-order chi connectivity index (χ1) is 14.5. The third kappa shape index (κ3) is 2.88. The molecule has 5 nitrogen and oxygen atoms in total. The number of fused-ring (bicyclic) bond motifs is 3. The first-order valence-electron chi connectivity index (χ1n) is 9.13. The van der Waals surface area contributed by atoms with E-state index in [0.717, 1.165) is 23.3 Å². The van der Waals surface area contributed by atoms with E-state index >= 15 is 0 Å². The van der Waals surface area contributed by atoms with Crippen LogP contribution in [0.1, 0.15) is 0 Å². The minimum absolute atomic E-state index is 0.233. The molecular formula is C23H14F2N4O. The number of aromatic nitrogens is 3. The molecule has 3 aromatic heterocycles. The molecule has 0 spiro atoms. The minimum Gasteiger partial charge on any atom is -0.384 e. The second-order valence-corrected chi connectivity index (χ2v) is 6.87. The van der Waals surface area contributed by atoms with Crippen LogP contribution >= 0.6 is 0 Å². The number of nitrogen functional groups attached to an aromatic ring is 1. The topological polar surface area (TPSA) is 73.8 Å². The van der Waals surface area contributed by atoms with Crippen molar-refractivity contribution in [3.8, 4) is 16.8 Å². The van der Waals surface area contributed by atoms with Gasteiger partial charge in [-0.1, -0.05) is 6.07 Å². The molecule has 5 rings (SSSR count). The second kappa shape index (κ2) is 6.73. The van der Waals surface area contributed by atoms with E-state index in [2.05, 4.69) is 9.97 Å². The van der Waals surface area contributed by atoms with Crippen molar-refractivity contribution in [1.82, 2.24) is 14.5 Å². The Morgan fingerprint density at radius 2 is 1.63 bits per heavy atom. The van der Waals surface area contributed by atoms with Crippen LogP contribution in [-0.4, -0.2) is 14.5 Å². The van der Waals surface area contributed by atoms with Gasteiger partial charge in [-0.2, -0.15) is 0 Å².